The number of nitrogens with zero attached hydrogens (tertiary/aromatic N) is 2. The molecule has 90 valence electrons. The van der Waals surface area contributed by atoms with Crippen molar-refractivity contribution in [1.29, 1.82) is 0 Å². The molecular weight excluding hydrogens is 227 g/mol. The Morgan fingerprint density at radius 3 is 2.81 bits per heavy atom. The topological polar surface area (TPSA) is 49.9 Å². The molecule has 1 fully saturated rings. The Bertz CT molecular complexity index is 288. The summed E-state index contributed by atoms with van der Waals surface area (Å²) in [7, 11) is 3.87. The fraction of sp³-hybridized carbons (Fsp3) is 0.889. The molecule has 0 aromatic heterocycles. The van der Waals surface area contributed by atoms with E-state index in [2.05, 4.69) is 0 Å². The molecule has 1 unspecified atom stereocenters. The van der Waals surface area contributed by atoms with Crippen molar-refractivity contribution in [3.8, 4) is 0 Å². The van der Waals surface area contributed by atoms with Gasteiger partial charge < -0.3 is 0 Å². The van der Waals surface area contributed by atoms with Crippen LogP contribution in [0.25, 0.3) is 0 Å². The molecule has 1 aliphatic heterocycles. The standard InChI is InChI=1S/C9H17BN2O3S/c1-9(2)12(6-10-14)7(5-16-9)8(13)11(3)15-4/h7H,5-6H2,1-4H3. The maximum atomic E-state index is 12.0. The van der Waals surface area contributed by atoms with Gasteiger partial charge in [0.1, 0.15) is 0 Å². The number of carbonyl (C=O) groups is 1. The molecule has 0 bridgehead atoms. The van der Waals surface area contributed by atoms with Crippen molar-refractivity contribution in [3.63, 3.8) is 0 Å². The minimum atomic E-state index is -0.282. The van der Waals surface area contributed by atoms with Gasteiger partial charge in [-0.3, -0.25) is 0 Å². The minimum absolute atomic E-state index is 0.109. The number of hydrogen-bond donors (Lipinski definition) is 0. The van der Waals surface area contributed by atoms with Crippen LogP contribution in [0.4, 0.5) is 0 Å². The van der Waals surface area contributed by atoms with Gasteiger partial charge in [0, 0.05) is 0 Å². The average molecular weight is 244 g/mol. The van der Waals surface area contributed by atoms with Crippen LogP contribution in [-0.4, -0.2) is 60.3 Å². The first-order valence-corrected chi connectivity index (χ1v) is 6.08. The third-order valence-electron chi connectivity index (χ3n) is 2.80. The van der Waals surface area contributed by atoms with Gasteiger partial charge in [-0.1, -0.05) is 0 Å². The zero-order chi connectivity index (χ0) is 12.3. The van der Waals surface area contributed by atoms with Crippen molar-refractivity contribution in [2.24, 2.45) is 0 Å². The number of carbonyl (C=O) groups excluding carboxylic acids is 1. The summed E-state index contributed by atoms with van der Waals surface area (Å²) in [6.45, 7) is 4.03. The number of hydroxylamine groups is 2. The SMILES string of the molecule is CON(C)C(=O)C1CSC(C)(C)N1CB=O. The number of hydrogen-bond acceptors (Lipinski definition) is 5. The molecule has 0 spiro atoms. The van der Waals surface area contributed by atoms with E-state index in [1.54, 1.807) is 18.8 Å². The van der Waals surface area contributed by atoms with Crippen LogP contribution in [0.3, 0.4) is 0 Å². The summed E-state index contributed by atoms with van der Waals surface area (Å²) in [6.07, 6.45) is 0.272. The van der Waals surface area contributed by atoms with Crippen LogP contribution >= 0.6 is 11.8 Å². The van der Waals surface area contributed by atoms with Crippen molar-refractivity contribution in [3.05, 3.63) is 0 Å². The van der Waals surface area contributed by atoms with Gasteiger partial charge in [0.05, 0.1) is 0 Å². The van der Waals surface area contributed by atoms with Crippen LogP contribution in [0.2, 0.25) is 0 Å². The van der Waals surface area contributed by atoms with E-state index in [0.29, 0.717) is 5.75 Å². The number of rotatable bonds is 4. The van der Waals surface area contributed by atoms with Crippen molar-refractivity contribution in [2.75, 3.05) is 26.4 Å². The molecule has 7 heteroatoms. The molecule has 1 aliphatic rings. The van der Waals surface area contributed by atoms with Crippen LogP contribution in [0.5, 0.6) is 0 Å². The fourth-order valence-electron chi connectivity index (χ4n) is 1.76. The van der Waals surface area contributed by atoms with E-state index < -0.39 is 0 Å². The number of thioether (sulfide) groups is 1. The first-order valence-electron chi connectivity index (χ1n) is 5.10. The Hall–Kier alpha value is -0.395. The van der Waals surface area contributed by atoms with E-state index in [0.717, 1.165) is 7.15 Å². The van der Waals surface area contributed by atoms with Crippen molar-refractivity contribution in [2.45, 2.75) is 24.8 Å². The van der Waals surface area contributed by atoms with Crippen LogP contribution in [-0.2, 0) is 14.3 Å². The Kier molecular flexibility index (Phi) is 4.52. The predicted octanol–water partition coefficient (Wildman–Crippen LogP) is 0.167. The van der Waals surface area contributed by atoms with E-state index in [9.17, 15) is 9.50 Å². The van der Waals surface area contributed by atoms with Crippen molar-refractivity contribution in [1.82, 2.24) is 9.96 Å². The summed E-state index contributed by atoms with van der Waals surface area (Å²) in [5, 5.41) is 1.21. The summed E-state index contributed by atoms with van der Waals surface area (Å²) in [5.74, 6) is 0.579. The Morgan fingerprint density at radius 1 is 1.69 bits per heavy atom. The molecule has 1 rings (SSSR count). The van der Waals surface area contributed by atoms with Gasteiger partial charge in [-0.2, -0.15) is 0 Å². The summed E-state index contributed by atoms with van der Waals surface area (Å²) in [5.41, 5.74) is 0. The second kappa shape index (κ2) is 5.29. The van der Waals surface area contributed by atoms with Gasteiger partial charge in [-0.15, -0.1) is 0 Å². The Morgan fingerprint density at radius 2 is 2.31 bits per heavy atom. The van der Waals surface area contributed by atoms with Gasteiger partial charge in [-0.05, 0) is 0 Å². The molecule has 16 heavy (non-hydrogen) atoms. The van der Waals surface area contributed by atoms with Gasteiger partial charge in [0.2, 0.25) is 0 Å². The van der Waals surface area contributed by atoms with E-state index in [1.165, 1.54) is 12.2 Å². The molecule has 0 saturated carbocycles. The van der Waals surface area contributed by atoms with Crippen LogP contribution < -0.4 is 0 Å². The van der Waals surface area contributed by atoms with Gasteiger partial charge in [0.15, 0.2) is 0 Å². The second-order valence-corrected chi connectivity index (χ2v) is 5.73. The zero-order valence-corrected chi connectivity index (χ0v) is 10.9. The first kappa shape index (κ1) is 13.7. The molecular formula is C9H17BN2O3S. The second-order valence-electron chi connectivity index (χ2n) is 4.11. The normalized spacial score (nSPS) is 24.1. The van der Waals surface area contributed by atoms with E-state index >= 15 is 0 Å². The molecule has 0 N–H and O–H groups in total. The number of likely N-dealkylation sites (N-methyl/N-ethyl adjacent to an activating group) is 1. The summed E-state index contributed by atoms with van der Waals surface area (Å²) < 4.78 is 10.6. The van der Waals surface area contributed by atoms with Gasteiger partial charge in [-0.25, -0.2) is 0 Å². The molecule has 0 aromatic carbocycles. The Labute approximate surface area is 101 Å². The molecule has 1 atom stereocenters. The monoisotopic (exact) mass is 244 g/mol. The summed E-state index contributed by atoms with van der Waals surface area (Å²) in [6, 6.07) is -0.282. The first-order chi connectivity index (χ1) is 7.44. The molecule has 0 radical (unpaired) electrons. The van der Waals surface area contributed by atoms with Crippen LogP contribution in [0, 0.1) is 0 Å². The van der Waals surface area contributed by atoms with Crippen LogP contribution in [0.1, 0.15) is 13.8 Å². The maximum absolute atomic E-state index is 12.0. The number of amides is 1. The van der Waals surface area contributed by atoms with Crippen molar-refractivity contribution < 1.29 is 14.3 Å². The molecule has 1 amide bonds. The molecule has 1 heterocycles. The fourth-order valence-corrected chi connectivity index (χ4v) is 3.02. The van der Waals surface area contributed by atoms with Crippen LogP contribution in [0.15, 0.2) is 0 Å². The van der Waals surface area contributed by atoms with E-state index in [-0.39, 0.29) is 23.3 Å². The van der Waals surface area contributed by atoms with Gasteiger partial charge in [0.25, 0.3) is 0 Å². The average Bonchev–Trinajstić information content (AvgIpc) is 2.54. The third-order valence-corrected chi connectivity index (χ3v) is 4.23. The zero-order valence-electron chi connectivity index (χ0n) is 10.1. The van der Waals surface area contributed by atoms with Crippen molar-refractivity contribution >= 4 is 24.8 Å². The molecule has 5 nitrogen and oxygen atoms in total. The molecule has 1 saturated heterocycles. The Balaban J connectivity index is 2.80. The van der Waals surface area contributed by atoms with Gasteiger partial charge >= 0.3 is 100 Å². The van der Waals surface area contributed by atoms with E-state index in [1.807, 2.05) is 18.7 Å². The van der Waals surface area contributed by atoms with E-state index in [4.69, 9.17) is 4.84 Å². The molecule has 0 aromatic rings. The molecule has 0 aliphatic carbocycles. The summed E-state index contributed by atoms with van der Waals surface area (Å²) >= 11 is 1.68. The summed E-state index contributed by atoms with van der Waals surface area (Å²) in [4.78, 5) is 18.6. The quantitative estimate of drug-likeness (QED) is 0.521. The third kappa shape index (κ3) is 2.64. The predicted molar refractivity (Wildman–Crippen MR) is 63.3 cm³/mol.